The van der Waals surface area contributed by atoms with E-state index < -0.39 is 23.8 Å². The minimum absolute atomic E-state index is 0.0351. The fraction of sp³-hybridized carbons (Fsp3) is 0.600. The fourth-order valence-corrected chi connectivity index (χ4v) is 2.10. The Hall–Kier alpha value is -1.53. The number of alkyl halides is 3. The number of fused-ring (bicyclic) bond motifs is 1. The maximum atomic E-state index is 12.6. The van der Waals surface area contributed by atoms with E-state index in [1.165, 1.54) is 7.11 Å². The Morgan fingerprint density at radius 1 is 1.53 bits per heavy atom. The Morgan fingerprint density at radius 2 is 2.24 bits per heavy atom. The minimum Gasteiger partial charge on any atom is -0.469 e. The third kappa shape index (κ3) is 2.13. The number of methoxy groups -OCH3 is 1. The van der Waals surface area contributed by atoms with E-state index in [0.29, 0.717) is 18.5 Å². The Balaban J connectivity index is 2.29. The molecule has 17 heavy (non-hydrogen) atoms. The van der Waals surface area contributed by atoms with Crippen LogP contribution in [0.5, 0.6) is 0 Å². The lowest BCUT2D eigenvalue weighted by Gasteiger charge is -2.20. The van der Waals surface area contributed by atoms with Gasteiger partial charge in [-0.15, -0.1) is 0 Å². The van der Waals surface area contributed by atoms with Crippen molar-refractivity contribution in [1.29, 1.82) is 0 Å². The van der Waals surface area contributed by atoms with E-state index in [2.05, 4.69) is 14.9 Å². The summed E-state index contributed by atoms with van der Waals surface area (Å²) in [6.45, 7) is 0. The highest BCUT2D eigenvalue weighted by molar-refractivity contribution is 5.73. The van der Waals surface area contributed by atoms with Gasteiger partial charge in [0.25, 0.3) is 0 Å². The first kappa shape index (κ1) is 11.9. The Kier molecular flexibility index (Phi) is 2.84. The standard InChI is InChI=1S/C10H11F3N2O2/c1-17-9(16)5-2-3-7-6(4-5)8(15-14-7)10(11,12)13/h5H,2-4H2,1H3,(H,14,15)/t5-/m0/s1. The van der Waals surface area contributed by atoms with E-state index in [1.54, 1.807) is 0 Å². The molecule has 0 saturated heterocycles. The van der Waals surface area contributed by atoms with E-state index in [1.807, 2.05) is 0 Å². The molecule has 0 saturated carbocycles. The van der Waals surface area contributed by atoms with E-state index in [4.69, 9.17) is 0 Å². The predicted molar refractivity (Wildman–Crippen MR) is 51.1 cm³/mol. The van der Waals surface area contributed by atoms with Gasteiger partial charge >= 0.3 is 12.1 Å². The van der Waals surface area contributed by atoms with Gasteiger partial charge in [-0.05, 0) is 19.3 Å². The number of esters is 1. The quantitative estimate of drug-likeness (QED) is 0.770. The van der Waals surface area contributed by atoms with E-state index in [0.717, 1.165) is 0 Å². The first-order chi connectivity index (χ1) is 7.93. The number of H-pyrrole nitrogens is 1. The van der Waals surface area contributed by atoms with Crippen LogP contribution in [-0.2, 0) is 28.5 Å². The van der Waals surface area contributed by atoms with Crippen molar-refractivity contribution in [3.05, 3.63) is 17.0 Å². The van der Waals surface area contributed by atoms with E-state index in [9.17, 15) is 18.0 Å². The molecule has 1 aliphatic rings. The van der Waals surface area contributed by atoms with Crippen LogP contribution >= 0.6 is 0 Å². The maximum Gasteiger partial charge on any atom is 0.435 e. The van der Waals surface area contributed by atoms with Crippen LogP contribution in [0.25, 0.3) is 0 Å². The summed E-state index contributed by atoms with van der Waals surface area (Å²) in [6.07, 6.45) is -3.58. The molecule has 1 aromatic rings. The number of hydrogen-bond acceptors (Lipinski definition) is 3. The minimum atomic E-state index is -4.48. The van der Waals surface area contributed by atoms with Crippen molar-refractivity contribution in [2.75, 3.05) is 7.11 Å². The molecule has 1 aliphatic carbocycles. The number of nitrogens with zero attached hydrogens (tertiary/aromatic N) is 1. The summed E-state index contributed by atoms with van der Waals surface area (Å²) in [6, 6.07) is 0. The lowest BCUT2D eigenvalue weighted by molar-refractivity contribution is -0.147. The normalized spacial score (nSPS) is 19.9. The highest BCUT2D eigenvalue weighted by atomic mass is 19.4. The molecule has 0 spiro atoms. The van der Waals surface area contributed by atoms with Crippen molar-refractivity contribution in [3.8, 4) is 0 Å². The Bertz CT molecular complexity index is 439. The van der Waals surface area contributed by atoms with Crippen LogP contribution in [0.1, 0.15) is 23.4 Å². The Morgan fingerprint density at radius 3 is 2.82 bits per heavy atom. The van der Waals surface area contributed by atoms with Crippen LogP contribution in [0, 0.1) is 5.92 Å². The molecule has 7 heteroatoms. The topological polar surface area (TPSA) is 55.0 Å². The molecule has 1 atom stereocenters. The molecule has 2 rings (SSSR count). The average molecular weight is 248 g/mol. The Labute approximate surface area is 95.1 Å². The molecule has 1 heterocycles. The summed E-state index contributed by atoms with van der Waals surface area (Å²) < 4.78 is 42.4. The van der Waals surface area contributed by atoms with Crippen LogP contribution in [0.15, 0.2) is 0 Å². The van der Waals surface area contributed by atoms with Gasteiger partial charge in [0.1, 0.15) is 0 Å². The molecule has 0 radical (unpaired) electrons. The molecule has 0 fully saturated rings. The van der Waals surface area contributed by atoms with Crippen LogP contribution in [0.3, 0.4) is 0 Å². The summed E-state index contributed by atoms with van der Waals surface area (Å²) >= 11 is 0. The molecule has 0 amide bonds. The SMILES string of the molecule is COC(=O)[C@H]1CCc2[nH]nc(C(F)(F)F)c2C1. The van der Waals surface area contributed by atoms with Gasteiger partial charge in [0.2, 0.25) is 0 Å². The van der Waals surface area contributed by atoms with Crippen LogP contribution in [0.4, 0.5) is 13.2 Å². The number of carbonyl (C=O) groups is 1. The van der Waals surface area contributed by atoms with Gasteiger partial charge < -0.3 is 4.74 Å². The van der Waals surface area contributed by atoms with Crippen molar-refractivity contribution < 1.29 is 22.7 Å². The van der Waals surface area contributed by atoms with E-state index in [-0.39, 0.29) is 12.0 Å². The zero-order valence-electron chi connectivity index (χ0n) is 9.10. The van der Waals surface area contributed by atoms with Crippen molar-refractivity contribution in [1.82, 2.24) is 10.2 Å². The molecular weight excluding hydrogens is 237 g/mol. The van der Waals surface area contributed by atoms with Gasteiger partial charge in [-0.2, -0.15) is 18.3 Å². The number of rotatable bonds is 1. The number of halogens is 3. The maximum absolute atomic E-state index is 12.6. The first-order valence-electron chi connectivity index (χ1n) is 5.14. The summed E-state index contributed by atoms with van der Waals surface area (Å²) in [5.41, 5.74) is -0.349. The molecule has 0 aromatic carbocycles. The number of aryl methyl sites for hydroxylation is 1. The number of nitrogens with one attached hydrogen (secondary N) is 1. The molecule has 1 N–H and O–H groups in total. The second-order valence-electron chi connectivity index (χ2n) is 3.99. The lowest BCUT2D eigenvalue weighted by Crippen LogP contribution is -2.24. The third-order valence-electron chi connectivity index (χ3n) is 2.95. The number of aromatic amines is 1. The second kappa shape index (κ2) is 4.05. The molecule has 4 nitrogen and oxygen atoms in total. The largest absolute Gasteiger partial charge is 0.469 e. The van der Waals surface area contributed by atoms with Crippen molar-refractivity contribution in [2.45, 2.75) is 25.4 Å². The predicted octanol–water partition coefficient (Wildman–Crippen LogP) is 1.71. The second-order valence-corrected chi connectivity index (χ2v) is 3.99. The zero-order valence-corrected chi connectivity index (χ0v) is 9.10. The van der Waals surface area contributed by atoms with Gasteiger partial charge in [0.05, 0.1) is 13.0 Å². The molecule has 94 valence electrons. The fourth-order valence-electron chi connectivity index (χ4n) is 2.10. The van der Waals surface area contributed by atoms with Crippen LogP contribution < -0.4 is 0 Å². The van der Waals surface area contributed by atoms with Gasteiger partial charge in [0, 0.05) is 11.3 Å². The summed E-state index contributed by atoms with van der Waals surface area (Å²) in [7, 11) is 1.23. The summed E-state index contributed by atoms with van der Waals surface area (Å²) in [5.74, 6) is -0.976. The molecule has 0 bridgehead atoms. The van der Waals surface area contributed by atoms with Gasteiger partial charge in [-0.1, -0.05) is 0 Å². The zero-order chi connectivity index (χ0) is 12.6. The molecular formula is C10H11F3N2O2. The van der Waals surface area contributed by atoms with Crippen LogP contribution in [0.2, 0.25) is 0 Å². The highest BCUT2D eigenvalue weighted by Crippen LogP contribution is 2.36. The monoisotopic (exact) mass is 248 g/mol. The highest BCUT2D eigenvalue weighted by Gasteiger charge is 2.40. The molecule has 0 aliphatic heterocycles. The summed E-state index contributed by atoms with van der Waals surface area (Å²) in [5, 5.41) is 5.67. The number of aromatic nitrogens is 2. The third-order valence-corrected chi connectivity index (χ3v) is 2.95. The molecule has 1 aromatic heterocycles. The van der Waals surface area contributed by atoms with Gasteiger partial charge in [0.15, 0.2) is 5.69 Å². The smallest absolute Gasteiger partial charge is 0.435 e. The van der Waals surface area contributed by atoms with Gasteiger partial charge in [-0.3, -0.25) is 9.89 Å². The van der Waals surface area contributed by atoms with Crippen molar-refractivity contribution >= 4 is 5.97 Å². The lowest BCUT2D eigenvalue weighted by atomic mass is 9.86. The van der Waals surface area contributed by atoms with E-state index >= 15 is 0 Å². The first-order valence-corrected chi connectivity index (χ1v) is 5.14. The number of carbonyl (C=O) groups excluding carboxylic acids is 1. The van der Waals surface area contributed by atoms with Crippen molar-refractivity contribution in [2.24, 2.45) is 5.92 Å². The number of ether oxygens (including phenoxy) is 1. The summed E-state index contributed by atoms with van der Waals surface area (Å²) in [4.78, 5) is 11.3. The van der Waals surface area contributed by atoms with Crippen molar-refractivity contribution in [3.63, 3.8) is 0 Å². The van der Waals surface area contributed by atoms with Gasteiger partial charge in [-0.25, -0.2) is 0 Å². The molecule has 0 unspecified atom stereocenters. The average Bonchev–Trinajstić information content (AvgIpc) is 2.70. The number of hydrogen-bond donors (Lipinski definition) is 1. The van der Waals surface area contributed by atoms with Crippen LogP contribution in [-0.4, -0.2) is 23.3 Å².